The lowest BCUT2D eigenvalue weighted by atomic mass is 10.3. The third-order valence-electron chi connectivity index (χ3n) is 1.46. The van der Waals surface area contributed by atoms with E-state index in [1.807, 2.05) is 6.07 Å². The summed E-state index contributed by atoms with van der Waals surface area (Å²) < 4.78 is 1.57. The quantitative estimate of drug-likeness (QED) is 0.592. The molecule has 0 aliphatic carbocycles. The van der Waals surface area contributed by atoms with Crippen LogP contribution in [0.4, 0.5) is 0 Å². The Morgan fingerprint density at radius 2 is 2.42 bits per heavy atom. The topological polar surface area (TPSA) is 56.5 Å². The van der Waals surface area contributed by atoms with Gasteiger partial charge in [0.2, 0.25) is 0 Å². The molecule has 0 aromatic carbocycles. The molecular weight excluding hydrogens is 154 g/mol. The predicted octanol–water partition coefficient (Wildman–Crippen LogP) is 0.0723. The van der Waals surface area contributed by atoms with Crippen molar-refractivity contribution < 1.29 is 0 Å². The zero-order chi connectivity index (χ0) is 8.39. The Labute approximate surface area is 69.1 Å². The first-order valence-electron chi connectivity index (χ1n) is 3.43. The van der Waals surface area contributed by atoms with Gasteiger partial charge < -0.3 is 0 Å². The SMILES string of the molecule is Cn1nnnc1-c1cc[c]cn1. The van der Waals surface area contributed by atoms with Gasteiger partial charge in [0, 0.05) is 19.3 Å². The molecule has 0 N–H and O–H groups in total. The summed E-state index contributed by atoms with van der Waals surface area (Å²) in [6.45, 7) is 0. The minimum atomic E-state index is 0.656. The first-order valence-corrected chi connectivity index (χ1v) is 3.43. The molecule has 0 unspecified atom stereocenters. The molecule has 12 heavy (non-hydrogen) atoms. The number of pyridine rings is 1. The molecule has 0 saturated carbocycles. The highest BCUT2D eigenvalue weighted by Gasteiger charge is 2.04. The number of hydrogen-bond donors (Lipinski definition) is 0. The first-order chi connectivity index (χ1) is 5.88. The van der Waals surface area contributed by atoms with E-state index in [-0.39, 0.29) is 0 Å². The molecule has 1 radical (unpaired) electrons. The Hall–Kier alpha value is -1.78. The highest BCUT2D eigenvalue weighted by atomic mass is 15.5. The monoisotopic (exact) mass is 160 g/mol. The van der Waals surface area contributed by atoms with Crippen molar-refractivity contribution in [1.82, 2.24) is 25.2 Å². The Morgan fingerprint density at radius 1 is 1.50 bits per heavy atom. The molecule has 0 amide bonds. The van der Waals surface area contributed by atoms with E-state index in [9.17, 15) is 0 Å². The van der Waals surface area contributed by atoms with E-state index >= 15 is 0 Å². The molecule has 0 aliphatic heterocycles. The fraction of sp³-hybridized carbons (Fsp3) is 0.143. The maximum Gasteiger partial charge on any atom is 0.200 e. The van der Waals surface area contributed by atoms with E-state index in [0.29, 0.717) is 5.82 Å². The number of aromatic nitrogens is 5. The first kappa shape index (κ1) is 6.90. The standard InChI is InChI=1S/C7H6N5/c1-12-7(9-10-11-12)6-4-2-3-5-8-6/h2,4-5H,1H3. The van der Waals surface area contributed by atoms with Crippen molar-refractivity contribution in [3.8, 4) is 11.5 Å². The minimum absolute atomic E-state index is 0.656. The van der Waals surface area contributed by atoms with Crippen LogP contribution < -0.4 is 0 Å². The van der Waals surface area contributed by atoms with Crippen molar-refractivity contribution in [1.29, 1.82) is 0 Å². The molecule has 0 aliphatic rings. The van der Waals surface area contributed by atoms with Gasteiger partial charge in [0.1, 0.15) is 5.69 Å². The molecule has 5 heteroatoms. The van der Waals surface area contributed by atoms with E-state index in [1.165, 1.54) is 0 Å². The molecular formula is C7H6N5. The Balaban J connectivity index is 2.51. The van der Waals surface area contributed by atoms with Gasteiger partial charge in [0.25, 0.3) is 0 Å². The van der Waals surface area contributed by atoms with E-state index in [1.54, 1.807) is 24.0 Å². The van der Waals surface area contributed by atoms with Gasteiger partial charge in [-0.15, -0.1) is 5.10 Å². The number of aryl methyl sites for hydroxylation is 1. The second kappa shape index (κ2) is 2.69. The highest BCUT2D eigenvalue weighted by molar-refractivity contribution is 5.46. The van der Waals surface area contributed by atoms with Crippen molar-refractivity contribution in [3.05, 3.63) is 24.4 Å². The molecule has 0 saturated heterocycles. The number of rotatable bonds is 1. The average Bonchev–Trinajstić information content (AvgIpc) is 2.53. The third-order valence-corrected chi connectivity index (χ3v) is 1.46. The molecule has 59 valence electrons. The number of nitrogens with zero attached hydrogens (tertiary/aromatic N) is 5. The lowest BCUT2D eigenvalue weighted by Crippen LogP contribution is -1.95. The second-order valence-electron chi connectivity index (χ2n) is 2.27. The normalized spacial score (nSPS) is 10.1. The number of tetrazole rings is 1. The fourth-order valence-corrected chi connectivity index (χ4v) is 0.899. The summed E-state index contributed by atoms with van der Waals surface area (Å²) in [6.07, 6.45) is 1.59. The van der Waals surface area contributed by atoms with Crippen LogP contribution in [0.2, 0.25) is 0 Å². The van der Waals surface area contributed by atoms with Crippen LogP contribution in [0.3, 0.4) is 0 Å². The molecule has 0 fully saturated rings. The van der Waals surface area contributed by atoms with Gasteiger partial charge in [0.15, 0.2) is 5.82 Å². The van der Waals surface area contributed by atoms with Crippen LogP contribution in [-0.4, -0.2) is 25.2 Å². The summed E-state index contributed by atoms with van der Waals surface area (Å²) in [6, 6.07) is 6.41. The molecule has 5 nitrogen and oxygen atoms in total. The predicted molar refractivity (Wildman–Crippen MR) is 40.9 cm³/mol. The van der Waals surface area contributed by atoms with Crippen LogP contribution >= 0.6 is 0 Å². The maximum absolute atomic E-state index is 4.06. The van der Waals surface area contributed by atoms with Gasteiger partial charge in [-0.25, -0.2) is 4.68 Å². The fourth-order valence-electron chi connectivity index (χ4n) is 0.899. The Morgan fingerprint density at radius 3 is 3.00 bits per heavy atom. The Bertz CT molecular complexity index is 366. The van der Waals surface area contributed by atoms with E-state index in [4.69, 9.17) is 0 Å². The molecule has 0 atom stereocenters. The summed E-state index contributed by atoms with van der Waals surface area (Å²) in [5.74, 6) is 0.656. The van der Waals surface area contributed by atoms with E-state index in [2.05, 4.69) is 26.6 Å². The zero-order valence-electron chi connectivity index (χ0n) is 6.47. The molecule has 2 rings (SSSR count). The lowest BCUT2D eigenvalue weighted by Gasteiger charge is -1.94. The van der Waals surface area contributed by atoms with Crippen molar-refractivity contribution in [2.24, 2.45) is 7.05 Å². The zero-order valence-corrected chi connectivity index (χ0v) is 6.47. The summed E-state index contributed by atoms with van der Waals surface area (Å²) in [5.41, 5.74) is 0.751. The largest absolute Gasteiger partial charge is 0.252 e. The molecule has 0 spiro atoms. The Kier molecular flexibility index (Phi) is 1.55. The van der Waals surface area contributed by atoms with Crippen LogP contribution in [0.15, 0.2) is 18.3 Å². The highest BCUT2D eigenvalue weighted by Crippen LogP contribution is 2.08. The van der Waals surface area contributed by atoms with Gasteiger partial charge in [-0.05, 0) is 16.5 Å². The molecule has 0 bridgehead atoms. The third kappa shape index (κ3) is 1.05. The van der Waals surface area contributed by atoms with Gasteiger partial charge >= 0.3 is 0 Å². The summed E-state index contributed by atoms with van der Waals surface area (Å²) in [7, 11) is 1.77. The second-order valence-corrected chi connectivity index (χ2v) is 2.27. The average molecular weight is 160 g/mol. The summed E-state index contributed by atoms with van der Waals surface area (Å²) in [5, 5.41) is 11.0. The number of hydrogen-bond acceptors (Lipinski definition) is 4. The van der Waals surface area contributed by atoms with Crippen molar-refractivity contribution in [3.63, 3.8) is 0 Å². The van der Waals surface area contributed by atoms with E-state index in [0.717, 1.165) is 5.69 Å². The van der Waals surface area contributed by atoms with Gasteiger partial charge in [0.05, 0.1) is 0 Å². The minimum Gasteiger partial charge on any atom is -0.252 e. The van der Waals surface area contributed by atoms with Crippen molar-refractivity contribution in [2.75, 3.05) is 0 Å². The lowest BCUT2D eigenvalue weighted by molar-refractivity contribution is 0.713. The van der Waals surface area contributed by atoms with Gasteiger partial charge in [-0.3, -0.25) is 4.98 Å². The van der Waals surface area contributed by atoms with Crippen LogP contribution in [0.25, 0.3) is 11.5 Å². The van der Waals surface area contributed by atoms with Crippen LogP contribution in [0, 0.1) is 6.07 Å². The summed E-state index contributed by atoms with van der Waals surface area (Å²) >= 11 is 0. The molecule has 2 aromatic heterocycles. The maximum atomic E-state index is 4.06. The van der Waals surface area contributed by atoms with Crippen LogP contribution in [-0.2, 0) is 7.05 Å². The molecule has 2 heterocycles. The molecule has 2 aromatic rings. The summed E-state index contributed by atoms with van der Waals surface area (Å²) in [4.78, 5) is 4.06. The van der Waals surface area contributed by atoms with Crippen molar-refractivity contribution in [2.45, 2.75) is 0 Å². The van der Waals surface area contributed by atoms with Crippen LogP contribution in [0.5, 0.6) is 0 Å². The van der Waals surface area contributed by atoms with Gasteiger partial charge in [-0.1, -0.05) is 6.07 Å². The van der Waals surface area contributed by atoms with E-state index < -0.39 is 0 Å². The van der Waals surface area contributed by atoms with Crippen molar-refractivity contribution >= 4 is 0 Å². The van der Waals surface area contributed by atoms with Crippen LogP contribution in [0.1, 0.15) is 0 Å². The smallest absolute Gasteiger partial charge is 0.200 e. The van der Waals surface area contributed by atoms with Gasteiger partial charge in [-0.2, -0.15) is 0 Å².